The van der Waals surface area contributed by atoms with Gasteiger partial charge in [0.1, 0.15) is 0 Å². The molecule has 2 N–H and O–H groups in total. The molecule has 4 nitrogen and oxygen atoms in total. The van der Waals surface area contributed by atoms with Crippen LogP contribution in [0.1, 0.15) is 46.0 Å². The molecule has 6 atom stereocenters. The quantitative estimate of drug-likeness (QED) is 0.864. The second kappa shape index (κ2) is 5.82. The average molecular weight is 314 g/mol. The number of sulfonamides is 1. The molecule has 3 aliphatic rings. The summed E-state index contributed by atoms with van der Waals surface area (Å²) in [5, 5.41) is 0. The standard InChI is InChI=1S/C16H30N2O2S/c1-11-5-12(2)9-18(8-11)21(19,20)10-16(17)15-7-13-3-4-14(15)6-13/h11-16H,3-10,17H2,1-2H3. The molecule has 1 aliphatic heterocycles. The first kappa shape index (κ1) is 15.8. The molecule has 5 heteroatoms. The van der Waals surface area contributed by atoms with Crippen LogP contribution in [-0.4, -0.2) is 37.6 Å². The predicted molar refractivity (Wildman–Crippen MR) is 85.2 cm³/mol. The lowest BCUT2D eigenvalue weighted by molar-refractivity contribution is 0.220. The molecule has 0 aromatic carbocycles. The van der Waals surface area contributed by atoms with Crippen LogP contribution in [0.5, 0.6) is 0 Å². The lowest BCUT2D eigenvalue weighted by Crippen LogP contribution is -2.48. The highest BCUT2D eigenvalue weighted by Crippen LogP contribution is 2.49. The molecule has 1 heterocycles. The topological polar surface area (TPSA) is 63.4 Å². The minimum atomic E-state index is -3.19. The fraction of sp³-hybridized carbons (Fsp3) is 1.00. The van der Waals surface area contributed by atoms with Crippen molar-refractivity contribution >= 4 is 10.0 Å². The van der Waals surface area contributed by atoms with Gasteiger partial charge in [0.05, 0.1) is 5.75 Å². The lowest BCUT2D eigenvalue weighted by Gasteiger charge is -2.35. The molecule has 21 heavy (non-hydrogen) atoms. The van der Waals surface area contributed by atoms with Crippen molar-refractivity contribution < 1.29 is 8.42 Å². The lowest BCUT2D eigenvalue weighted by atomic mass is 9.84. The van der Waals surface area contributed by atoms with E-state index >= 15 is 0 Å². The van der Waals surface area contributed by atoms with Crippen molar-refractivity contribution in [2.24, 2.45) is 35.3 Å². The van der Waals surface area contributed by atoms with Crippen LogP contribution in [0.2, 0.25) is 0 Å². The Kier molecular flexibility index (Phi) is 4.37. The van der Waals surface area contributed by atoms with Crippen molar-refractivity contribution in [1.29, 1.82) is 0 Å². The Labute approximate surface area is 129 Å². The van der Waals surface area contributed by atoms with Crippen LogP contribution < -0.4 is 5.73 Å². The van der Waals surface area contributed by atoms with Crippen molar-refractivity contribution in [3.05, 3.63) is 0 Å². The molecular formula is C16H30N2O2S. The second-order valence-electron chi connectivity index (χ2n) is 8.04. The molecule has 0 spiro atoms. The van der Waals surface area contributed by atoms with Gasteiger partial charge in [-0.2, -0.15) is 0 Å². The van der Waals surface area contributed by atoms with E-state index in [9.17, 15) is 8.42 Å². The summed E-state index contributed by atoms with van der Waals surface area (Å²) in [7, 11) is -3.19. The maximum absolute atomic E-state index is 12.7. The van der Waals surface area contributed by atoms with Crippen molar-refractivity contribution in [3.63, 3.8) is 0 Å². The van der Waals surface area contributed by atoms with E-state index in [1.165, 1.54) is 19.3 Å². The Bertz CT molecular complexity index is 469. The van der Waals surface area contributed by atoms with E-state index in [4.69, 9.17) is 5.73 Å². The van der Waals surface area contributed by atoms with Crippen LogP contribution >= 0.6 is 0 Å². The Hall–Kier alpha value is -0.130. The maximum Gasteiger partial charge on any atom is 0.215 e. The molecule has 2 saturated carbocycles. The van der Waals surface area contributed by atoms with Gasteiger partial charge in [0.15, 0.2) is 0 Å². The monoisotopic (exact) mass is 314 g/mol. The molecule has 6 unspecified atom stereocenters. The van der Waals surface area contributed by atoms with Crippen molar-refractivity contribution in [1.82, 2.24) is 4.31 Å². The first-order chi connectivity index (χ1) is 9.85. The molecular weight excluding hydrogens is 284 g/mol. The minimum Gasteiger partial charge on any atom is -0.326 e. The Balaban J connectivity index is 1.62. The molecule has 122 valence electrons. The Morgan fingerprint density at radius 1 is 1.10 bits per heavy atom. The first-order valence-corrected chi connectivity index (χ1v) is 10.2. The zero-order valence-corrected chi connectivity index (χ0v) is 14.2. The average Bonchev–Trinajstić information content (AvgIpc) is 2.99. The normalized spacial score (nSPS) is 42.3. The van der Waals surface area contributed by atoms with Gasteiger partial charge in [-0.25, -0.2) is 12.7 Å². The number of rotatable bonds is 4. The van der Waals surface area contributed by atoms with Crippen LogP contribution in [0.4, 0.5) is 0 Å². The van der Waals surface area contributed by atoms with Crippen LogP contribution in [-0.2, 0) is 10.0 Å². The number of nitrogens with zero attached hydrogens (tertiary/aromatic N) is 1. The van der Waals surface area contributed by atoms with Crippen LogP contribution in [0, 0.1) is 29.6 Å². The molecule has 3 fully saturated rings. The summed E-state index contributed by atoms with van der Waals surface area (Å²) in [4.78, 5) is 0. The van der Waals surface area contributed by atoms with Crippen LogP contribution in [0.15, 0.2) is 0 Å². The Morgan fingerprint density at radius 3 is 2.29 bits per heavy atom. The summed E-state index contributed by atoms with van der Waals surface area (Å²) in [6.07, 6.45) is 6.18. The minimum absolute atomic E-state index is 0.153. The predicted octanol–water partition coefficient (Wildman–Crippen LogP) is 2.06. The van der Waals surface area contributed by atoms with Gasteiger partial charge >= 0.3 is 0 Å². The third-order valence-electron chi connectivity index (χ3n) is 5.97. The van der Waals surface area contributed by atoms with Crippen molar-refractivity contribution in [2.75, 3.05) is 18.8 Å². The molecule has 0 radical (unpaired) electrons. The zero-order valence-electron chi connectivity index (χ0n) is 13.4. The van der Waals surface area contributed by atoms with E-state index in [-0.39, 0.29) is 11.8 Å². The van der Waals surface area contributed by atoms with Gasteiger partial charge < -0.3 is 5.73 Å². The number of piperidine rings is 1. The maximum atomic E-state index is 12.7. The van der Waals surface area contributed by atoms with E-state index in [2.05, 4.69) is 13.8 Å². The van der Waals surface area contributed by atoms with Gasteiger partial charge in [-0.1, -0.05) is 20.3 Å². The smallest absolute Gasteiger partial charge is 0.215 e. The highest BCUT2D eigenvalue weighted by molar-refractivity contribution is 7.89. The molecule has 0 aromatic rings. The summed E-state index contributed by atoms with van der Waals surface area (Å²) >= 11 is 0. The third-order valence-corrected chi connectivity index (χ3v) is 7.87. The molecule has 0 amide bonds. The summed E-state index contributed by atoms with van der Waals surface area (Å²) < 4.78 is 27.1. The summed E-state index contributed by atoms with van der Waals surface area (Å²) in [6, 6.07) is -0.169. The molecule has 1 saturated heterocycles. The first-order valence-electron chi connectivity index (χ1n) is 8.58. The fourth-order valence-corrected chi connectivity index (χ4v) is 7.03. The summed E-state index contributed by atoms with van der Waals surface area (Å²) in [6.45, 7) is 5.65. The fourth-order valence-electron chi connectivity index (χ4n) is 5.12. The second-order valence-corrected chi connectivity index (χ2v) is 10.1. The van der Waals surface area contributed by atoms with E-state index in [0.29, 0.717) is 36.8 Å². The van der Waals surface area contributed by atoms with Crippen molar-refractivity contribution in [2.45, 2.75) is 52.0 Å². The van der Waals surface area contributed by atoms with Gasteiger partial charge in [-0.15, -0.1) is 0 Å². The number of hydrogen-bond donors (Lipinski definition) is 1. The van der Waals surface area contributed by atoms with Gasteiger partial charge in [0.25, 0.3) is 0 Å². The zero-order chi connectivity index (χ0) is 15.2. The number of nitrogens with two attached hydrogens (primary N) is 1. The Morgan fingerprint density at radius 2 is 1.76 bits per heavy atom. The summed E-state index contributed by atoms with van der Waals surface area (Å²) in [5.41, 5.74) is 6.32. The molecule has 2 bridgehead atoms. The van der Waals surface area contributed by atoms with Gasteiger partial charge in [0.2, 0.25) is 10.0 Å². The van der Waals surface area contributed by atoms with E-state index in [1.807, 2.05) is 0 Å². The molecule has 0 aromatic heterocycles. The highest BCUT2D eigenvalue weighted by Gasteiger charge is 2.43. The SMILES string of the molecule is CC1CC(C)CN(S(=O)(=O)CC(N)C2CC3CCC2C3)C1. The van der Waals surface area contributed by atoms with Gasteiger partial charge in [-0.05, 0) is 55.3 Å². The third kappa shape index (κ3) is 3.30. The molecule has 2 aliphatic carbocycles. The molecule has 3 rings (SSSR count). The number of fused-ring (bicyclic) bond motifs is 2. The van der Waals surface area contributed by atoms with Gasteiger partial charge in [0, 0.05) is 19.1 Å². The highest BCUT2D eigenvalue weighted by atomic mass is 32.2. The van der Waals surface area contributed by atoms with Gasteiger partial charge in [-0.3, -0.25) is 0 Å². The van der Waals surface area contributed by atoms with Crippen molar-refractivity contribution in [3.8, 4) is 0 Å². The van der Waals surface area contributed by atoms with Crippen LogP contribution in [0.3, 0.4) is 0 Å². The summed E-state index contributed by atoms with van der Waals surface area (Å²) in [5.74, 6) is 3.03. The largest absolute Gasteiger partial charge is 0.326 e. The van der Waals surface area contributed by atoms with E-state index in [1.54, 1.807) is 4.31 Å². The van der Waals surface area contributed by atoms with Crippen LogP contribution in [0.25, 0.3) is 0 Å². The van der Waals surface area contributed by atoms with E-state index < -0.39 is 10.0 Å². The van der Waals surface area contributed by atoms with E-state index in [0.717, 1.165) is 18.8 Å². The number of hydrogen-bond acceptors (Lipinski definition) is 3.